The summed E-state index contributed by atoms with van der Waals surface area (Å²) in [4.78, 5) is 16.2. The van der Waals surface area contributed by atoms with Crippen LogP contribution in [0.25, 0.3) is 0 Å². The van der Waals surface area contributed by atoms with Crippen LogP contribution >= 0.6 is 11.6 Å². The van der Waals surface area contributed by atoms with E-state index in [9.17, 15) is 4.79 Å². The Balaban J connectivity index is 1.76. The largest absolute Gasteiger partial charge is 0.376 e. The molecule has 0 bridgehead atoms. The van der Waals surface area contributed by atoms with E-state index in [0.717, 1.165) is 12.8 Å². The lowest BCUT2D eigenvalue weighted by atomic mass is 9.98. The Labute approximate surface area is 130 Å². The van der Waals surface area contributed by atoms with Gasteiger partial charge in [-0.15, -0.1) is 0 Å². The fraction of sp³-hybridized carbons (Fsp3) is 0.600. The number of pyridine rings is 1. The van der Waals surface area contributed by atoms with Crippen molar-refractivity contribution in [3.63, 3.8) is 0 Å². The third-order valence-corrected chi connectivity index (χ3v) is 3.92. The molecular formula is C15H22ClN3O2. The second kappa shape index (κ2) is 8.20. The van der Waals surface area contributed by atoms with Crippen LogP contribution in [0.4, 0.5) is 5.82 Å². The number of amides is 1. The van der Waals surface area contributed by atoms with Crippen LogP contribution in [0, 0.1) is 0 Å². The highest BCUT2D eigenvalue weighted by atomic mass is 35.5. The molecule has 116 valence electrons. The number of halogens is 1. The first-order chi connectivity index (χ1) is 10.2. The molecule has 1 aromatic heterocycles. The SMILES string of the molecule is CNc1ccc(Cl)c(C(=O)NCCOC2CCCCC2)n1. The first-order valence-corrected chi connectivity index (χ1v) is 7.82. The van der Waals surface area contributed by atoms with Crippen LogP contribution in [0.5, 0.6) is 0 Å². The Morgan fingerprint density at radius 1 is 1.38 bits per heavy atom. The molecule has 0 unspecified atom stereocenters. The molecule has 1 saturated carbocycles. The molecule has 2 N–H and O–H groups in total. The molecule has 0 atom stereocenters. The topological polar surface area (TPSA) is 63.2 Å². The molecule has 21 heavy (non-hydrogen) atoms. The number of nitrogens with one attached hydrogen (secondary N) is 2. The van der Waals surface area contributed by atoms with E-state index < -0.39 is 0 Å². The minimum Gasteiger partial charge on any atom is -0.376 e. The average molecular weight is 312 g/mol. The number of hydrogen-bond donors (Lipinski definition) is 2. The summed E-state index contributed by atoms with van der Waals surface area (Å²) in [5.74, 6) is 0.340. The Bertz CT molecular complexity index is 476. The van der Waals surface area contributed by atoms with Crippen LogP contribution in [0.3, 0.4) is 0 Å². The molecule has 1 fully saturated rings. The van der Waals surface area contributed by atoms with Crippen molar-refractivity contribution in [2.75, 3.05) is 25.5 Å². The van der Waals surface area contributed by atoms with Crippen molar-refractivity contribution in [1.82, 2.24) is 10.3 Å². The molecule has 1 aromatic rings. The lowest BCUT2D eigenvalue weighted by Gasteiger charge is -2.22. The molecule has 6 heteroatoms. The highest BCUT2D eigenvalue weighted by Crippen LogP contribution is 2.20. The monoisotopic (exact) mass is 311 g/mol. The fourth-order valence-corrected chi connectivity index (χ4v) is 2.64. The second-order valence-electron chi connectivity index (χ2n) is 5.16. The summed E-state index contributed by atoms with van der Waals surface area (Å²) in [5.41, 5.74) is 0.237. The van der Waals surface area contributed by atoms with Crippen LogP contribution in [-0.4, -0.2) is 37.2 Å². The van der Waals surface area contributed by atoms with Gasteiger partial charge in [-0.05, 0) is 25.0 Å². The van der Waals surface area contributed by atoms with Gasteiger partial charge in [-0.2, -0.15) is 0 Å². The van der Waals surface area contributed by atoms with E-state index in [-0.39, 0.29) is 11.6 Å². The van der Waals surface area contributed by atoms with Crippen molar-refractivity contribution >= 4 is 23.3 Å². The molecular weight excluding hydrogens is 290 g/mol. The number of rotatable bonds is 6. The van der Waals surface area contributed by atoms with Gasteiger partial charge in [0.2, 0.25) is 0 Å². The lowest BCUT2D eigenvalue weighted by Crippen LogP contribution is -2.30. The molecule has 1 aliphatic rings. The maximum absolute atomic E-state index is 12.0. The Morgan fingerprint density at radius 2 is 2.14 bits per heavy atom. The number of carbonyl (C=O) groups excluding carboxylic acids is 1. The molecule has 0 spiro atoms. The second-order valence-corrected chi connectivity index (χ2v) is 5.57. The standard InChI is InChI=1S/C15H22ClN3O2/c1-17-13-8-7-12(16)14(19-13)15(20)18-9-10-21-11-5-3-2-4-6-11/h7-8,11H,2-6,9-10H2,1H3,(H,17,19)(H,18,20). The third kappa shape index (κ3) is 4.86. The average Bonchev–Trinajstić information content (AvgIpc) is 2.53. The van der Waals surface area contributed by atoms with Gasteiger partial charge in [0.25, 0.3) is 5.91 Å². The van der Waals surface area contributed by atoms with Gasteiger partial charge in [0.05, 0.1) is 17.7 Å². The van der Waals surface area contributed by atoms with Gasteiger partial charge in [-0.1, -0.05) is 30.9 Å². The Kier molecular flexibility index (Phi) is 6.26. The number of aromatic nitrogens is 1. The highest BCUT2D eigenvalue weighted by molar-refractivity contribution is 6.33. The zero-order valence-corrected chi connectivity index (χ0v) is 13.1. The molecule has 5 nitrogen and oxygen atoms in total. The fourth-order valence-electron chi connectivity index (χ4n) is 2.45. The molecule has 0 saturated heterocycles. The number of ether oxygens (including phenoxy) is 1. The van der Waals surface area contributed by atoms with E-state index in [4.69, 9.17) is 16.3 Å². The predicted octanol–water partition coefficient (Wildman–Crippen LogP) is 2.86. The molecule has 1 aliphatic carbocycles. The van der Waals surface area contributed by atoms with Crippen molar-refractivity contribution < 1.29 is 9.53 Å². The van der Waals surface area contributed by atoms with Crippen LogP contribution in [-0.2, 0) is 4.74 Å². The van der Waals surface area contributed by atoms with Crippen LogP contribution in [0.15, 0.2) is 12.1 Å². The van der Waals surface area contributed by atoms with Gasteiger partial charge in [0, 0.05) is 13.6 Å². The van der Waals surface area contributed by atoms with Crippen molar-refractivity contribution in [3.8, 4) is 0 Å². The number of hydrogen-bond acceptors (Lipinski definition) is 4. The van der Waals surface area contributed by atoms with Crippen molar-refractivity contribution in [2.24, 2.45) is 0 Å². The van der Waals surface area contributed by atoms with Gasteiger partial charge in [-0.3, -0.25) is 4.79 Å². The van der Waals surface area contributed by atoms with Crippen molar-refractivity contribution in [2.45, 2.75) is 38.2 Å². The van der Waals surface area contributed by atoms with Gasteiger partial charge in [0.1, 0.15) is 11.5 Å². The van der Waals surface area contributed by atoms with Gasteiger partial charge >= 0.3 is 0 Å². The summed E-state index contributed by atoms with van der Waals surface area (Å²) < 4.78 is 5.76. The minimum absolute atomic E-state index is 0.237. The van der Waals surface area contributed by atoms with E-state index in [0.29, 0.717) is 30.1 Å². The van der Waals surface area contributed by atoms with E-state index >= 15 is 0 Å². The smallest absolute Gasteiger partial charge is 0.271 e. The molecule has 2 rings (SSSR count). The van der Waals surface area contributed by atoms with E-state index in [1.54, 1.807) is 19.2 Å². The molecule has 1 heterocycles. The summed E-state index contributed by atoms with van der Waals surface area (Å²) in [6.07, 6.45) is 6.41. The summed E-state index contributed by atoms with van der Waals surface area (Å²) in [6.45, 7) is 0.997. The Hall–Kier alpha value is -1.33. The first-order valence-electron chi connectivity index (χ1n) is 7.45. The minimum atomic E-state index is -0.274. The molecule has 0 aliphatic heterocycles. The van der Waals surface area contributed by atoms with E-state index in [1.165, 1.54) is 19.3 Å². The highest BCUT2D eigenvalue weighted by Gasteiger charge is 2.15. The van der Waals surface area contributed by atoms with Gasteiger partial charge in [0.15, 0.2) is 0 Å². The molecule has 1 amide bonds. The summed E-state index contributed by atoms with van der Waals surface area (Å²) >= 11 is 6.00. The Morgan fingerprint density at radius 3 is 2.86 bits per heavy atom. The predicted molar refractivity (Wildman–Crippen MR) is 84.0 cm³/mol. The first kappa shape index (κ1) is 16.0. The molecule has 0 aromatic carbocycles. The van der Waals surface area contributed by atoms with E-state index in [2.05, 4.69) is 15.6 Å². The quantitative estimate of drug-likeness (QED) is 0.793. The van der Waals surface area contributed by atoms with Crippen molar-refractivity contribution in [1.29, 1.82) is 0 Å². The third-order valence-electron chi connectivity index (χ3n) is 3.61. The number of nitrogens with zero attached hydrogens (tertiary/aromatic N) is 1. The number of carbonyl (C=O) groups is 1. The van der Waals surface area contributed by atoms with Crippen LogP contribution in [0.2, 0.25) is 5.02 Å². The maximum atomic E-state index is 12.0. The zero-order valence-electron chi connectivity index (χ0n) is 12.3. The van der Waals surface area contributed by atoms with Crippen LogP contribution in [0.1, 0.15) is 42.6 Å². The zero-order chi connectivity index (χ0) is 15.1. The summed E-state index contributed by atoms with van der Waals surface area (Å²) in [5, 5.41) is 6.02. The van der Waals surface area contributed by atoms with Gasteiger partial charge in [-0.25, -0.2) is 4.98 Å². The lowest BCUT2D eigenvalue weighted by molar-refractivity contribution is 0.0299. The normalized spacial score (nSPS) is 15.7. The van der Waals surface area contributed by atoms with Gasteiger partial charge < -0.3 is 15.4 Å². The number of anilines is 1. The van der Waals surface area contributed by atoms with Crippen LogP contribution < -0.4 is 10.6 Å². The van der Waals surface area contributed by atoms with E-state index in [1.807, 2.05) is 0 Å². The molecule has 0 radical (unpaired) electrons. The summed E-state index contributed by atoms with van der Waals surface area (Å²) in [7, 11) is 1.75. The summed E-state index contributed by atoms with van der Waals surface area (Å²) in [6, 6.07) is 3.39. The van der Waals surface area contributed by atoms with Crippen molar-refractivity contribution in [3.05, 3.63) is 22.8 Å². The maximum Gasteiger partial charge on any atom is 0.271 e.